The van der Waals surface area contributed by atoms with Crippen LogP contribution in [-0.2, 0) is 20.8 Å². The minimum absolute atomic E-state index is 0.0133. The van der Waals surface area contributed by atoms with Crippen LogP contribution in [0, 0.1) is 5.92 Å². The Morgan fingerprint density at radius 2 is 1.25 bits per heavy atom. The molecule has 0 aromatic heterocycles. The van der Waals surface area contributed by atoms with E-state index >= 15 is 0 Å². The highest BCUT2D eigenvalue weighted by atomic mass is 16.2. The monoisotopic (exact) mass is 499 g/mol. The standard InChI is InChI=1S/C32H53NO3/c1-2-3-4-5-6-7-8-9-10-11-12-13-14-15-16-20-25-33-32(36)30(28-31(35)24-21-26-34)27-29-22-18-17-19-23-29/h17-19,22-23,26,30H,2-16,20-21,24-25,27-28H2,1H3,(H,33,36). The van der Waals surface area contributed by atoms with Gasteiger partial charge in [-0.25, -0.2) is 0 Å². The summed E-state index contributed by atoms with van der Waals surface area (Å²) in [5.41, 5.74) is 1.06. The number of carbonyl (C=O) groups excluding carboxylic acids is 3. The fourth-order valence-corrected chi connectivity index (χ4v) is 4.78. The first-order valence-corrected chi connectivity index (χ1v) is 14.9. The van der Waals surface area contributed by atoms with Gasteiger partial charge in [0.15, 0.2) is 0 Å². The lowest BCUT2D eigenvalue weighted by molar-refractivity contribution is -0.129. The number of unbranched alkanes of at least 4 members (excludes halogenated alkanes) is 15. The number of hydrogen-bond acceptors (Lipinski definition) is 3. The molecule has 0 fully saturated rings. The van der Waals surface area contributed by atoms with Crippen LogP contribution in [0.15, 0.2) is 30.3 Å². The van der Waals surface area contributed by atoms with Crippen molar-refractivity contribution in [2.45, 2.75) is 135 Å². The predicted molar refractivity (Wildman–Crippen MR) is 151 cm³/mol. The first-order chi connectivity index (χ1) is 17.7. The van der Waals surface area contributed by atoms with E-state index in [4.69, 9.17) is 0 Å². The van der Waals surface area contributed by atoms with Gasteiger partial charge in [-0.3, -0.25) is 9.59 Å². The third kappa shape index (κ3) is 18.3. The van der Waals surface area contributed by atoms with Crippen molar-refractivity contribution in [2.75, 3.05) is 6.54 Å². The lowest BCUT2D eigenvalue weighted by atomic mass is 9.92. The first-order valence-electron chi connectivity index (χ1n) is 14.9. The van der Waals surface area contributed by atoms with Gasteiger partial charge >= 0.3 is 0 Å². The zero-order valence-corrected chi connectivity index (χ0v) is 23.1. The second kappa shape index (κ2) is 23.4. The minimum Gasteiger partial charge on any atom is -0.356 e. The van der Waals surface area contributed by atoms with Crippen molar-refractivity contribution in [3.8, 4) is 0 Å². The summed E-state index contributed by atoms with van der Waals surface area (Å²) in [6.45, 7) is 2.95. The van der Waals surface area contributed by atoms with Gasteiger partial charge in [0, 0.05) is 31.7 Å². The SMILES string of the molecule is CCCCCCCCCCCCCCCCCCNC(=O)C(CC(=O)CCC=O)Cc1ccccc1. The molecule has 36 heavy (non-hydrogen) atoms. The Kier molecular flexibility index (Phi) is 20.9. The molecule has 0 aliphatic heterocycles. The molecule has 0 saturated heterocycles. The molecular weight excluding hydrogens is 446 g/mol. The molecule has 4 heteroatoms. The quantitative estimate of drug-likeness (QED) is 0.109. The average molecular weight is 500 g/mol. The summed E-state index contributed by atoms with van der Waals surface area (Å²) >= 11 is 0. The smallest absolute Gasteiger partial charge is 0.223 e. The van der Waals surface area contributed by atoms with Gasteiger partial charge < -0.3 is 10.1 Å². The molecule has 0 radical (unpaired) electrons. The Morgan fingerprint density at radius 1 is 0.750 bits per heavy atom. The third-order valence-corrected chi connectivity index (χ3v) is 7.04. The van der Waals surface area contributed by atoms with Crippen molar-refractivity contribution in [2.24, 2.45) is 5.92 Å². The van der Waals surface area contributed by atoms with E-state index in [-0.39, 0.29) is 36.9 Å². The number of ketones is 1. The number of hydrogen-bond donors (Lipinski definition) is 1. The summed E-state index contributed by atoms with van der Waals surface area (Å²) in [6, 6.07) is 9.84. The van der Waals surface area contributed by atoms with Crippen LogP contribution in [0.3, 0.4) is 0 Å². The fraction of sp³-hybridized carbons (Fsp3) is 0.719. The lowest BCUT2D eigenvalue weighted by Gasteiger charge is -2.16. The second-order valence-electron chi connectivity index (χ2n) is 10.4. The number of benzene rings is 1. The molecule has 0 bridgehead atoms. The predicted octanol–water partition coefficient (Wildman–Crippen LogP) is 8.16. The highest BCUT2D eigenvalue weighted by Gasteiger charge is 2.21. The molecule has 1 aromatic rings. The highest BCUT2D eigenvalue weighted by molar-refractivity contribution is 5.87. The Balaban J connectivity index is 2.07. The molecule has 204 valence electrons. The summed E-state index contributed by atoms with van der Waals surface area (Å²) in [4.78, 5) is 35.6. The Bertz CT molecular complexity index is 673. The maximum absolute atomic E-state index is 12.8. The molecule has 1 N–H and O–H groups in total. The van der Waals surface area contributed by atoms with Crippen LogP contribution < -0.4 is 5.32 Å². The fourth-order valence-electron chi connectivity index (χ4n) is 4.78. The molecule has 4 nitrogen and oxygen atoms in total. The maximum Gasteiger partial charge on any atom is 0.223 e. The average Bonchev–Trinajstić information content (AvgIpc) is 2.89. The number of Topliss-reactive ketones (excluding diaryl/α,β-unsaturated/α-hetero) is 1. The Hall–Kier alpha value is -1.97. The molecule has 1 rings (SSSR count). The molecule has 0 aliphatic rings. The first kappa shape index (κ1) is 32.1. The Labute approximate surface area is 221 Å². The zero-order chi connectivity index (χ0) is 26.1. The van der Waals surface area contributed by atoms with Crippen molar-refractivity contribution >= 4 is 18.0 Å². The van der Waals surface area contributed by atoms with Crippen LogP contribution >= 0.6 is 0 Å². The number of aldehydes is 1. The van der Waals surface area contributed by atoms with Crippen molar-refractivity contribution in [3.05, 3.63) is 35.9 Å². The van der Waals surface area contributed by atoms with E-state index in [0.29, 0.717) is 13.0 Å². The van der Waals surface area contributed by atoms with Gasteiger partial charge in [0.2, 0.25) is 5.91 Å². The van der Waals surface area contributed by atoms with Crippen LogP contribution in [0.25, 0.3) is 0 Å². The van der Waals surface area contributed by atoms with Gasteiger partial charge in [-0.05, 0) is 18.4 Å². The molecule has 1 atom stereocenters. The number of rotatable bonds is 25. The molecule has 1 aromatic carbocycles. The molecule has 0 saturated carbocycles. The van der Waals surface area contributed by atoms with E-state index in [1.54, 1.807) is 0 Å². The van der Waals surface area contributed by atoms with Crippen LogP contribution in [0.4, 0.5) is 0 Å². The van der Waals surface area contributed by atoms with Gasteiger partial charge in [-0.1, -0.05) is 134 Å². The van der Waals surface area contributed by atoms with Gasteiger partial charge in [-0.2, -0.15) is 0 Å². The van der Waals surface area contributed by atoms with E-state index in [0.717, 1.165) is 24.7 Å². The topological polar surface area (TPSA) is 63.2 Å². The molecule has 0 spiro atoms. The minimum atomic E-state index is -0.368. The summed E-state index contributed by atoms with van der Waals surface area (Å²) in [5, 5.41) is 3.05. The largest absolute Gasteiger partial charge is 0.356 e. The van der Waals surface area contributed by atoms with Gasteiger partial charge in [0.1, 0.15) is 12.1 Å². The molecule has 1 unspecified atom stereocenters. The van der Waals surface area contributed by atoms with E-state index in [1.165, 1.54) is 89.9 Å². The molecule has 0 heterocycles. The summed E-state index contributed by atoms with van der Waals surface area (Å²) in [5.74, 6) is -0.424. The normalized spacial score (nSPS) is 11.8. The Morgan fingerprint density at radius 3 is 1.75 bits per heavy atom. The third-order valence-electron chi connectivity index (χ3n) is 7.04. The van der Waals surface area contributed by atoms with Crippen molar-refractivity contribution < 1.29 is 14.4 Å². The molecule has 0 aliphatic carbocycles. The lowest BCUT2D eigenvalue weighted by Crippen LogP contribution is -2.34. The van der Waals surface area contributed by atoms with Gasteiger partial charge in [-0.15, -0.1) is 0 Å². The van der Waals surface area contributed by atoms with Crippen molar-refractivity contribution in [3.63, 3.8) is 0 Å². The van der Waals surface area contributed by atoms with E-state index in [1.807, 2.05) is 30.3 Å². The van der Waals surface area contributed by atoms with E-state index in [2.05, 4.69) is 12.2 Å². The molecular formula is C32H53NO3. The van der Waals surface area contributed by atoms with Crippen LogP contribution in [-0.4, -0.2) is 24.5 Å². The van der Waals surface area contributed by atoms with E-state index in [9.17, 15) is 14.4 Å². The van der Waals surface area contributed by atoms with Crippen LogP contribution in [0.5, 0.6) is 0 Å². The van der Waals surface area contributed by atoms with Gasteiger partial charge in [0.25, 0.3) is 0 Å². The van der Waals surface area contributed by atoms with Crippen molar-refractivity contribution in [1.82, 2.24) is 5.32 Å². The summed E-state index contributed by atoms with van der Waals surface area (Å²) in [7, 11) is 0. The molecule has 1 amide bonds. The van der Waals surface area contributed by atoms with Gasteiger partial charge in [0.05, 0.1) is 0 Å². The van der Waals surface area contributed by atoms with Crippen LogP contribution in [0.1, 0.15) is 134 Å². The number of amides is 1. The van der Waals surface area contributed by atoms with E-state index < -0.39 is 0 Å². The van der Waals surface area contributed by atoms with Crippen LogP contribution in [0.2, 0.25) is 0 Å². The number of nitrogens with one attached hydrogen (secondary N) is 1. The maximum atomic E-state index is 12.8. The zero-order valence-electron chi connectivity index (χ0n) is 23.1. The summed E-state index contributed by atoms with van der Waals surface area (Å²) in [6.07, 6.45) is 23.3. The highest BCUT2D eigenvalue weighted by Crippen LogP contribution is 2.16. The summed E-state index contributed by atoms with van der Waals surface area (Å²) < 4.78 is 0. The van der Waals surface area contributed by atoms with Crippen molar-refractivity contribution in [1.29, 1.82) is 0 Å². The number of carbonyl (C=O) groups is 3. The second-order valence-corrected chi connectivity index (χ2v) is 10.4.